The molecule has 10 aliphatic rings. The normalized spacial score (nSPS) is 40.5. The Balaban J connectivity index is 0.746. The van der Waals surface area contributed by atoms with Gasteiger partial charge in [0.05, 0.1) is 18.0 Å². The summed E-state index contributed by atoms with van der Waals surface area (Å²) in [4.78, 5) is 51.0. The van der Waals surface area contributed by atoms with Gasteiger partial charge < -0.3 is 40.7 Å². The number of likely N-dealkylation sites (N-methyl/N-ethyl adjacent to an activating group) is 2. The summed E-state index contributed by atoms with van der Waals surface area (Å²) in [6.07, 6.45) is 24.0. The Hall–Kier alpha value is -3.71. The van der Waals surface area contributed by atoms with E-state index in [-0.39, 0.29) is 53.5 Å². The van der Waals surface area contributed by atoms with Gasteiger partial charge in [0, 0.05) is 48.7 Å². The SMILES string of the molecule is CNC1C=CC=C2C1C(=O)NC1N(C)C3C=C(N4CCC(N5CCC(C67C=C8CN(C9CCC(O)NC9=O)C(=O)C8=CC6C7)CC5)CC4)C=CC3N21. The number of allylic oxidation sites excluding steroid dienone is 5. The van der Waals surface area contributed by atoms with Gasteiger partial charge in [-0.25, -0.2) is 0 Å². The molecule has 12 nitrogen and oxygen atoms in total. The van der Waals surface area contributed by atoms with Gasteiger partial charge in [-0.05, 0) is 113 Å². The Labute approximate surface area is 306 Å². The van der Waals surface area contributed by atoms with Gasteiger partial charge in [-0.3, -0.25) is 19.3 Å². The predicted octanol–water partition coefficient (Wildman–Crippen LogP) is 0.984. The van der Waals surface area contributed by atoms with Gasteiger partial charge in [0.15, 0.2) is 6.29 Å². The lowest BCUT2D eigenvalue weighted by molar-refractivity contribution is -0.140. The zero-order chi connectivity index (χ0) is 35.5. The smallest absolute Gasteiger partial charge is 0.254 e. The van der Waals surface area contributed by atoms with Crippen LogP contribution in [0.1, 0.15) is 44.9 Å². The average Bonchev–Trinajstić information content (AvgIpc) is 3.72. The van der Waals surface area contributed by atoms with Crippen molar-refractivity contribution < 1.29 is 19.5 Å². The number of aliphatic hydroxyl groups is 1. The van der Waals surface area contributed by atoms with Crippen molar-refractivity contribution in [3.8, 4) is 0 Å². The number of aliphatic hydroxyl groups excluding tert-OH is 1. The number of carbonyl (C=O) groups is 3. The highest BCUT2D eigenvalue weighted by Crippen LogP contribution is 2.65. The van der Waals surface area contributed by atoms with E-state index in [4.69, 9.17) is 0 Å². The summed E-state index contributed by atoms with van der Waals surface area (Å²) in [6, 6.07) is 0.500. The third-order valence-corrected chi connectivity index (χ3v) is 14.5. The van der Waals surface area contributed by atoms with E-state index in [1.807, 2.05) is 7.05 Å². The molecule has 52 heavy (non-hydrogen) atoms. The van der Waals surface area contributed by atoms with Crippen LogP contribution in [0, 0.1) is 23.2 Å². The Morgan fingerprint density at radius 1 is 0.923 bits per heavy atom. The summed E-state index contributed by atoms with van der Waals surface area (Å²) in [6.45, 7) is 4.90. The maximum Gasteiger partial charge on any atom is 0.254 e. The number of likely N-dealkylation sites (tertiary alicyclic amines) is 3. The van der Waals surface area contributed by atoms with Crippen LogP contribution >= 0.6 is 0 Å². The first-order chi connectivity index (χ1) is 25.2. The molecule has 9 atom stereocenters. The second-order valence-corrected chi connectivity index (χ2v) is 16.9. The first-order valence-electron chi connectivity index (χ1n) is 19.7. The van der Waals surface area contributed by atoms with Crippen molar-refractivity contribution in [3.05, 3.63) is 71.1 Å². The van der Waals surface area contributed by atoms with Gasteiger partial charge in [-0.2, -0.15) is 0 Å². The molecule has 276 valence electrons. The maximum atomic E-state index is 13.4. The number of carbonyl (C=O) groups excluding carboxylic acids is 3. The van der Waals surface area contributed by atoms with E-state index >= 15 is 0 Å². The third kappa shape index (κ3) is 4.96. The lowest BCUT2D eigenvalue weighted by Gasteiger charge is -2.45. The van der Waals surface area contributed by atoms with Crippen LogP contribution in [-0.4, -0.2) is 137 Å². The molecule has 6 saturated heterocycles. The molecule has 0 aromatic heterocycles. The lowest BCUT2D eigenvalue weighted by Crippen LogP contribution is -2.62. The van der Waals surface area contributed by atoms with E-state index in [0.29, 0.717) is 37.3 Å². The molecule has 0 aromatic rings. The molecule has 6 aliphatic heterocycles. The molecule has 9 unspecified atom stereocenters. The van der Waals surface area contributed by atoms with Crippen LogP contribution in [0.3, 0.4) is 0 Å². The second-order valence-electron chi connectivity index (χ2n) is 16.9. The Bertz CT molecular complexity index is 1750. The number of nitrogens with zero attached hydrogens (tertiary/aromatic N) is 5. The number of piperidine rings is 3. The van der Waals surface area contributed by atoms with E-state index in [9.17, 15) is 19.5 Å². The fourth-order valence-electron chi connectivity index (χ4n) is 11.5. The zero-order valence-corrected chi connectivity index (χ0v) is 30.3. The van der Waals surface area contributed by atoms with E-state index in [2.05, 4.69) is 91.2 Å². The van der Waals surface area contributed by atoms with Gasteiger partial charge in [-0.1, -0.05) is 30.4 Å². The highest BCUT2D eigenvalue weighted by molar-refractivity contribution is 6.04. The molecule has 0 bridgehead atoms. The van der Waals surface area contributed by atoms with Crippen molar-refractivity contribution in [2.75, 3.05) is 46.8 Å². The van der Waals surface area contributed by atoms with Crippen molar-refractivity contribution in [1.29, 1.82) is 0 Å². The first kappa shape index (κ1) is 32.9. The first-order valence-corrected chi connectivity index (χ1v) is 19.7. The molecular formula is C40H52N8O4. The number of nitrogens with one attached hydrogen (secondary N) is 3. The summed E-state index contributed by atoms with van der Waals surface area (Å²) in [5, 5.41) is 19.1. The van der Waals surface area contributed by atoms with Gasteiger partial charge in [0.2, 0.25) is 11.8 Å². The highest BCUT2D eigenvalue weighted by atomic mass is 16.3. The minimum Gasteiger partial charge on any atom is -0.374 e. The number of fused-ring (bicyclic) bond motifs is 7. The lowest BCUT2D eigenvalue weighted by atomic mass is 9.76. The van der Waals surface area contributed by atoms with Crippen LogP contribution in [0.5, 0.6) is 0 Å². The Morgan fingerprint density at radius 3 is 2.50 bits per heavy atom. The van der Waals surface area contributed by atoms with E-state index < -0.39 is 12.3 Å². The van der Waals surface area contributed by atoms with Crippen LogP contribution < -0.4 is 16.0 Å². The van der Waals surface area contributed by atoms with Crippen molar-refractivity contribution in [3.63, 3.8) is 0 Å². The molecule has 6 heterocycles. The minimum absolute atomic E-state index is 0.00243. The summed E-state index contributed by atoms with van der Waals surface area (Å²) < 4.78 is 0. The zero-order valence-electron chi connectivity index (χ0n) is 30.3. The summed E-state index contributed by atoms with van der Waals surface area (Å²) in [7, 11) is 4.06. The van der Waals surface area contributed by atoms with Crippen molar-refractivity contribution in [2.24, 2.45) is 23.2 Å². The van der Waals surface area contributed by atoms with Gasteiger partial charge in [-0.15, -0.1) is 0 Å². The molecule has 1 saturated carbocycles. The van der Waals surface area contributed by atoms with Crippen molar-refractivity contribution in [1.82, 2.24) is 40.4 Å². The Kier molecular flexibility index (Phi) is 7.69. The van der Waals surface area contributed by atoms with Crippen LogP contribution in [0.25, 0.3) is 0 Å². The van der Waals surface area contributed by atoms with Crippen LogP contribution in [0.15, 0.2) is 71.1 Å². The third-order valence-electron chi connectivity index (χ3n) is 14.5. The number of rotatable bonds is 5. The van der Waals surface area contributed by atoms with E-state index in [1.54, 1.807) is 4.90 Å². The highest BCUT2D eigenvalue weighted by Gasteiger charge is 2.60. The molecule has 0 aromatic carbocycles. The molecule has 7 fully saturated rings. The number of hydrogen-bond acceptors (Lipinski definition) is 9. The van der Waals surface area contributed by atoms with Crippen LogP contribution in [0.4, 0.5) is 0 Å². The minimum atomic E-state index is -0.811. The molecular weight excluding hydrogens is 656 g/mol. The van der Waals surface area contributed by atoms with E-state index in [0.717, 1.165) is 49.4 Å². The Morgan fingerprint density at radius 2 is 1.73 bits per heavy atom. The number of hydrogen-bond donors (Lipinski definition) is 4. The van der Waals surface area contributed by atoms with Crippen molar-refractivity contribution in [2.45, 2.75) is 87.7 Å². The van der Waals surface area contributed by atoms with Crippen LogP contribution in [0.2, 0.25) is 0 Å². The molecule has 12 heteroatoms. The predicted molar refractivity (Wildman–Crippen MR) is 194 cm³/mol. The van der Waals surface area contributed by atoms with Gasteiger partial charge >= 0.3 is 0 Å². The topological polar surface area (TPSA) is 124 Å². The van der Waals surface area contributed by atoms with Gasteiger partial charge in [0.1, 0.15) is 12.3 Å². The quantitative estimate of drug-likeness (QED) is 0.331. The summed E-state index contributed by atoms with van der Waals surface area (Å²) >= 11 is 0. The van der Waals surface area contributed by atoms with E-state index in [1.165, 1.54) is 31.4 Å². The second kappa shape index (κ2) is 12.2. The monoisotopic (exact) mass is 708 g/mol. The van der Waals surface area contributed by atoms with Crippen molar-refractivity contribution >= 4 is 17.7 Å². The average molecular weight is 709 g/mol. The molecule has 0 spiro atoms. The number of amides is 3. The largest absolute Gasteiger partial charge is 0.374 e. The summed E-state index contributed by atoms with van der Waals surface area (Å²) in [5.41, 5.74) is 4.52. The molecule has 10 rings (SSSR count). The fraction of sp³-hybridized carbons (Fsp3) is 0.625. The molecule has 4 aliphatic carbocycles. The molecule has 0 radical (unpaired) electrons. The molecule has 4 N–H and O–H groups in total. The molecule has 3 amide bonds. The summed E-state index contributed by atoms with van der Waals surface area (Å²) in [5.74, 6) is 0.690. The van der Waals surface area contributed by atoms with Gasteiger partial charge in [0.25, 0.3) is 5.91 Å². The maximum absolute atomic E-state index is 13.4. The fourth-order valence-corrected chi connectivity index (χ4v) is 11.5. The van der Waals surface area contributed by atoms with Crippen LogP contribution in [-0.2, 0) is 14.4 Å². The standard InChI is InChI=1S/C40H52N8O4/c1-41-29-4-3-5-31-35(29)37(51)43-39-44(2)33-19-27(6-7-30(33)48(31)39)46-16-12-26(13-17-46)45-14-10-24(11-15-45)40-20-23-22-47(32-8-9-34(49)42-36(32)50)38(52)28(23)18-25(40)21-40/h3-7,18-20,24-26,29-30,32-35,39,41,49H,8-17,21-22H2,1-2H3,(H,42,50)(H,43,51).